The van der Waals surface area contributed by atoms with E-state index < -0.39 is 328 Å². The zero-order valence-corrected chi connectivity index (χ0v) is 55.4. The molecule has 0 aliphatic carbocycles. The molecule has 103 heavy (non-hydrogen) atoms. The number of amides is 3. The molecule has 7 heterocycles. The van der Waals surface area contributed by atoms with Gasteiger partial charge in [0.1, 0.15) is 183 Å². The van der Waals surface area contributed by atoms with E-state index in [9.17, 15) is 147 Å². The standard InChI is InChI=1S/C57H97N3O43/c1-14-30(74)38(82)41(85)52(92-14)102-49-40(84)33(77)22(9-64)93-55(49)100-46-23(10-65)94-50(28(36(46)80)59-16(3)68)90-12-25-35(79)48(43(87)54(96-25)98-44(21(73)8-63)31(75)19(71)6-61)101-51-29(60-17(4)69)37(81)45(24(11-66)95-51)99-53-42(86)39(83)34(78)26(97-53)13-91-57(56(88)89)5-18(70)27(58-15(2)67)47(103-57)32(76)20(72)7-62/h14,18-55,61-66,70-87H,5-13H2,1-4H3,(H,58,67)(H,59,68)(H,60,69)(H,88,89)/t14-,18-,19-,20+,21+,22+,23+,24+,25+,26+,27+,28+,29+,30+,31+,32+,33-,34-,35-,36+,37+,38+,39-,40-,41-,42+,43+,44+,45+,46+,47+,48-,49+,50+,51-,52-,53-,54-,55-,57+/m0/s1. The smallest absolute Gasteiger partial charge is 0.364 e. The lowest BCUT2D eigenvalue weighted by atomic mass is 9.88. The number of hydrogen-bond acceptors (Lipinski definition) is 42. The molecule has 0 unspecified atom stereocenters. The number of carboxylic acid groups (broad SMARTS) is 1. The Labute approximate surface area is 583 Å². The van der Waals surface area contributed by atoms with Gasteiger partial charge in [0, 0.05) is 27.2 Å². The van der Waals surface area contributed by atoms with E-state index in [-0.39, 0.29) is 0 Å². The Morgan fingerprint density at radius 3 is 1.42 bits per heavy atom. The highest BCUT2D eigenvalue weighted by Crippen LogP contribution is 2.39. The van der Waals surface area contributed by atoms with Crippen molar-refractivity contribution >= 4 is 23.7 Å². The van der Waals surface area contributed by atoms with E-state index >= 15 is 0 Å². The van der Waals surface area contributed by atoms with E-state index in [1.165, 1.54) is 6.92 Å². The van der Waals surface area contributed by atoms with Gasteiger partial charge in [-0.1, -0.05) is 0 Å². The lowest BCUT2D eigenvalue weighted by Crippen LogP contribution is -2.70. The van der Waals surface area contributed by atoms with Gasteiger partial charge in [-0.3, -0.25) is 14.4 Å². The highest BCUT2D eigenvalue weighted by atomic mass is 16.8. The van der Waals surface area contributed by atoms with Crippen molar-refractivity contribution in [3.63, 3.8) is 0 Å². The van der Waals surface area contributed by atoms with Crippen LogP contribution in [0, 0.1) is 0 Å². The molecule has 0 aromatic carbocycles. The van der Waals surface area contributed by atoms with Crippen LogP contribution in [0.15, 0.2) is 0 Å². The number of aliphatic hydroxyl groups excluding tert-OH is 24. The maximum atomic E-state index is 13.0. The van der Waals surface area contributed by atoms with Crippen LogP contribution < -0.4 is 16.0 Å². The van der Waals surface area contributed by atoms with Gasteiger partial charge in [-0.25, -0.2) is 4.79 Å². The maximum Gasteiger partial charge on any atom is 0.364 e. The average molecular weight is 1510 g/mol. The minimum Gasteiger partial charge on any atom is -0.477 e. The molecular formula is C57H97N3O43. The Balaban J connectivity index is 1.14. The van der Waals surface area contributed by atoms with Crippen LogP contribution in [0.4, 0.5) is 0 Å². The van der Waals surface area contributed by atoms with Gasteiger partial charge >= 0.3 is 5.97 Å². The van der Waals surface area contributed by atoms with Crippen molar-refractivity contribution in [2.75, 3.05) is 52.9 Å². The van der Waals surface area contributed by atoms with Crippen molar-refractivity contribution in [2.45, 2.75) is 279 Å². The van der Waals surface area contributed by atoms with Crippen LogP contribution in [0.25, 0.3) is 0 Å². The molecule has 0 aromatic rings. The summed E-state index contributed by atoms with van der Waals surface area (Å²) in [7, 11) is 0. The summed E-state index contributed by atoms with van der Waals surface area (Å²) in [6, 6.07) is -5.54. The Morgan fingerprint density at radius 1 is 0.437 bits per heavy atom. The number of aliphatic carboxylic acids is 1. The zero-order valence-electron chi connectivity index (χ0n) is 55.4. The second kappa shape index (κ2) is 37.7. The van der Waals surface area contributed by atoms with Crippen LogP contribution >= 0.6 is 0 Å². The summed E-state index contributed by atoms with van der Waals surface area (Å²) in [5.41, 5.74) is 0. The van der Waals surface area contributed by atoms with Crippen molar-refractivity contribution in [3.8, 4) is 0 Å². The first-order chi connectivity index (χ1) is 48.4. The molecule has 46 nitrogen and oxygen atoms in total. The highest BCUT2D eigenvalue weighted by Gasteiger charge is 2.61. The first-order valence-corrected chi connectivity index (χ1v) is 32.5. The molecule has 0 spiro atoms. The van der Waals surface area contributed by atoms with E-state index in [2.05, 4.69) is 16.0 Å². The van der Waals surface area contributed by atoms with Crippen molar-refractivity contribution in [1.29, 1.82) is 0 Å². The number of carboxylic acids is 1. The molecule has 7 fully saturated rings. The quantitative estimate of drug-likeness (QED) is 0.0306. The van der Waals surface area contributed by atoms with Gasteiger partial charge in [-0.15, -0.1) is 0 Å². The predicted octanol–water partition coefficient (Wildman–Crippen LogP) is -18.2. The molecule has 0 radical (unpaired) electrons. The van der Waals surface area contributed by atoms with E-state index in [1.54, 1.807) is 0 Å². The van der Waals surface area contributed by atoms with Crippen LogP contribution in [0.1, 0.15) is 34.1 Å². The fourth-order valence-electron chi connectivity index (χ4n) is 12.7. The summed E-state index contributed by atoms with van der Waals surface area (Å²) in [5, 5.41) is 278. The van der Waals surface area contributed by atoms with Crippen LogP contribution in [0.2, 0.25) is 0 Å². The maximum absolute atomic E-state index is 13.0. The minimum atomic E-state index is -3.06. The van der Waals surface area contributed by atoms with Gasteiger partial charge in [0.25, 0.3) is 5.79 Å². The average Bonchev–Trinajstić information content (AvgIpc) is 0.775. The second-order valence-electron chi connectivity index (χ2n) is 25.8. The van der Waals surface area contributed by atoms with Gasteiger partial charge in [0.05, 0.1) is 71.1 Å². The molecule has 0 aromatic heterocycles. The summed E-state index contributed by atoms with van der Waals surface area (Å²) in [6.07, 6.45) is -76.0. The summed E-state index contributed by atoms with van der Waals surface area (Å²) in [6.45, 7) is -5.14. The number of aliphatic hydroxyl groups is 24. The third-order valence-corrected chi connectivity index (χ3v) is 18.4. The van der Waals surface area contributed by atoms with Crippen LogP contribution in [0.3, 0.4) is 0 Å². The highest BCUT2D eigenvalue weighted by molar-refractivity contribution is 5.77. The number of ether oxygens (including phenoxy) is 14. The molecule has 7 aliphatic heterocycles. The fraction of sp³-hybridized carbons (Fsp3) is 0.930. The molecule has 7 saturated heterocycles. The molecule has 598 valence electrons. The summed E-state index contributed by atoms with van der Waals surface area (Å²) in [5.74, 6) is -7.84. The predicted molar refractivity (Wildman–Crippen MR) is 317 cm³/mol. The monoisotopic (exact) mass is 1510 g/mol. The Hall–Kier alpha value is -3.64. The molecule has 28 N–H and O–H groups in total. The van der Waals surface area contributed by atoms with Gasteiger partial charge in [0.2, 0.25) is 17.7 Å². The zero-order chi connectivity index (χ0) is 76.7. The van der Waals surface area contributed by atoms with Crippen LogP contribution in [-0.2, 0) is 85.5 Å². The topological polar surface area (TPSA) is 739 Å². The Bertz CT molecular complexity index is 2670. The number of carbonyl (C=O) groups is 4. The Morgan fingerprint density at radius 2 is 0.883 bits per heavy atom. The fourth-order valence-corrected chi connectivity index (χ4v) is 12.7. The van der Waals surface area contributed by atoms with Crippen molar-refractivity contribution < 1.29 is 213 Å². The van der Waals surface area contributed by atoms with Crippen molar-refractivity contribution in [1.82, 2.24) is 16.0 Å². The lowest BCUT2D eigenvalue weighted by Gasteiger charge is -2.50. The number of carbonyl (C=O) groups excluding carboxylic acids is 3. The normalized spacial score (nSPS) is 45.1. The molecule has 3 amide bonds. The second-order valence-corrected chi connectivity index (χ2v) is 25.8. The van der Waals surface area contributed by atoms with E-state index in [4.69, 9.17) is 66.3 Å². The molecule has 7 aliphatic rings. The SMILES string of the molecule is CC(=O)N[C@H]1[C@H](O[C@H]2[C@@H](O)[C@@H](CO[C@@H]3O[C@H](CO)[C@@H](O[C@@H]4O[C@H](CO)[C@H](O)[C@H](O)[C@H]4O[C@@H]4O[C@@H](C)[C@@H](O)[C@@H](O)[C@@H]4O)[C@H](O)[C@H]3NC(C)=O)O[C@@H](O[C@@H]([C@H](O)[C@@H](O)CO)[C@H](O)CO)[C@@H]2O)O[C@H](CO)[C@@H](O[C@@H]2O[C@H](CO[C@]3(C(=O)O)C[C@H](O)[C@@H](NC(C)=O)[C@H]([C@H](O)[C@H](O)CO)O3)[C@H](O)[C@H](O)[C@H]2O)[C@@H]1O. The molecule has 40 atom stereocenters. The number of nitrogens with one attached hydrogen (secondary N) is 3. The van der Waals surface area contributed by atoms with E-state index in [0.717, 1.165) is 20.8 Å². The summed E-state index contributed by atoms with van der Waals surface area (Å²) in [4.78, 5) is 50.8. The number of rotatable bonds is 31. The van der Waals surface area contributed by atoms with Gasteiger partial charge in [-0.05, 0) is 6.92 Å². The third kappa shape index (κ3) is 19.7. The lowest BCUT2D eigenvalue weighted by molar-refractivity contribution is -0.386. The minimum absolute atomic E-state index is 0.826. The first-order valence-electron chi connectivity index (χ1n) is 32.5. The van der Waals surface area contributed by atoms with Gasteiger partial charge in [-0.2, -0.15) is 0 Å². The third-order valence-electron chi connectivity index (χ3n) is 18.4. The van der Waals surface area contributed by atoms with Gasteiger partial charge in [0.15, 0.2) is 37.7 Å². The Kier molecular flexibility index (Phi) is 31.7. The van der Waals surface area contributed by atoms with E-state index in [0.29, 0.717) is 0 Å². The molecule has 46 heteroatoms. The van der Waals surface area contributed by atoms with E-state index in [1.807, 2.05) is 0 Å². The molecular weight excluding hydrogens is 1410 g/mol. The molecule has 7 rings (SSSR count). The summed E-state index contributed by atoms with van der Waals surface area (Å²) < 4.78 is 81.3. The van der Waals surface area contributed by atoms with Gasteiger partial charge < -0.3 is 210 Å². The van der Waals surface area contributed by atoms with Crippen molar-refractivity contribution in [3.05, 3.63) is 0 Å². The van der Waals surface area contributed by atoms with Crippen molar-refractivity contribution in [2.24, 2.45) is 0 Å². The summed E-state index contributed by atoms with van der Waals surface area (Å²) >= 11 is 0. The molecule has 0 bridgehead atoms. The largest absolute Gasteiger partial charge is 0.477 e. The molecule has 0 saturated carbocycles. The van der Waals surface area contributed by atoms with Crippen LogP contribution in [0.5, 0.6) is 0 Å². The van der Waals surface area contributed by atoms with Crippen LogP contribution in [-0.4, -0.2) is 449 Å². The first kappa shape index (κ1) is 86.6. The number of hydrogen-bond donors (Lipinski definition) is 28.